The predicted octanol–water partition coefficient (Wildman–Crippen LogP) is 2.07. The van der Waals surface area contributed by atoms with E-state index in [4.69, 9.17) is 9.88 Å². The highest BCUT2D eigenvalue weighted by Crippen LogP contribution is 2.43. The molecule has 2 aromatic rings. The van der Waals surface area contributed by atoms with Gasteiger partial charge < -0.3 is 15.2 Å². The van der Waals surface area contributed by atoms with Gasteiger partial charge in [0.05, 0.1) is 24.6 Å². The SMILES string of the molecule is NS(=O)(=NC(=O)Nc1c2c(cc3c1C(O)CC3)CCC2)c1cnn2c1OCCC2. The molecule has 5 rings (SSSR count). The smallest absolute Gasteiger partial charge is 0.354 e. The van der Waals surface area contributed by atoms with E-state index in [1.807, 2.05) is 0 Å². The number of aryl methyl sites for hydroxylation is 3. The van der Waals surface area contributed by atoms with E-state index in [0.29, 0.717) is 31.1 Å². The van der Waals surface area contributed by atoms with Gasteiger partial charge >= 0.3 is 6.03 Å². The molecule has 29 heavy (non-hydrogen) atoms. The Morgan fingerprint density at radius 3 is 3.07 bits per heavy atom. The molecule has 0 radical (unpaired) electrons. The molecule has 0 saturated heterocycles. The third-order valence-corrected chi connectivity index (χ3v) is 7.17. The third-order valence-electron chi connectivity index (χ3n) is 5.82. The van der Waals surface area contributed by atoms with Crippen LogP contribution < -0.4 is 15.2 Å². The van der Waals surface area contributed by atoms with E-state index < -0.39 is 22.1 Å². The summed E-state index contributed by atoms with van der Waals surface area (Å²) in [7, 11) is -3.53. The molecule has 2 atom stereocenters. The van der Waals surface area contributed by atoms with Crippen LogP contribution in [0.5, 0.6) is 5.88 Å². The van der Waals surface area contributed by atoms with Crippen molar-refractivity contribution in [2.75, 3.05) is 11.9 Å². The van der Waals surface area contributed by atoms with Crippen LogP contribution in [0, 0.1) is 0 Å². The fourth-order valence-electron chi connectivity index (χ4n) is 4.54. The Hall–Kier alpha value is -2.43. The maximum Gasteiger partial charge on any atom is 0.354 e. The summed E-state index contributed by atoms with van der Waals surface area (Å²) in [6.07, 6.45) is 5.71. The van der Waals surface area contributed by atoms with Gasteiger partial charge in [0.15, 0.2) is 9.92 Å². The van der Waals surface area contributed by atoms with Gasteiger partial charge in [-0.1, -0.05) is 6.07 Å². The molecule has 2 aliphatic carbocycles. The highest BCUT2D eigenvalue weighted by Gasteiger charge is 2.30. The van der Waals surface area contributed by atoms with Crippen LogP contribution in [0.1, 0.15) is 47.6 Å². The summed E-state index contributed by atoms with van der Waals surface area (Å²) < 4.78 is 23.9. The van der Waals surface area contributed by atoms with E-state index in [0.717, 1.165) is 48.8 Å². The van der Waals surface area contributed by atoms with Gasteiger partial charge in [0.2, 0.25) is 5.88 Å². The third kappa shape index (κ3) is 3.11. The van der Waals surface area contributed by atoms with Crippen molar-refractivity contribution in [2.24, 2.45) is 9.50 Å². The summed E-state index contributed by atoms with van der Waals surface area (Å²) in [5, 5.41) is 23.3. The molecule has 0 saturated carbocycles. The number of aliphatic hydroxyl groups excluding tert-OH is 1. The lowest BCUT2D eigenvalue weighted by Gasteiger charge is -2.17. The van der Waals surface area contributed by atoms with Gasteiger partial charge in [-0.2, -0.15) is 5.10 Å². The maximum atomic E-state index is 13.0. The lowest BCUT2D eigenvalue weighted by Crippen LogP contribution is -2.21. The van der Waals surface area contributed by atoms with Crippen molar-refractivity contribution in [1.82, 2.24) is 9.78 Å². The fourth-order valence-corrected chi connectivity index (χ4v) is 5.54. The minimum Gasteiger partial charge on any atom is -0.477 e. The number of nitrogens with one attached hydrogen (secondary N) is 1. The van der Waals surface area contributed by atoms with Gasteiger partial charge in [-0.05, 0) is 48.8 Å². The number of carbonyl (C=O) groups excluding carboxylic acids is 1. The first-order valence-corrected chi connectivity index (χ1v) is 11.4. The summed E-state index contributed by atoms with van der Waals surface area (Å²) >= 11 is 0. The lowest BCUT2D eigenvalue weighted by molar-refractivity contribution is 0.180. The standard InChI is InChI=1S/C19H23N5O4S/c20-29(27,15-10-21-24-7-2-8-28-18(15)24)23-19(26)22-17-13-4-1-3-11(13)9-12-5-6-14(25)16(12)17/h9-10,14,25H,1-8H2,(H3,20,22,23,26,27). The number of hydrogen-bond donors (Lipinski definition) is 3. The maximum absolute atomic E-state index is 13.0. The molecule has 4 N–H and O–H groups in total. The number of amides is 2. The summed E-state index contributed by atoms with van der Waals surface area (Å²) in [6.45, 7) is 1.11. The highest BCUT2D eigenvalue weighted by atomic mass is 32.2. The Morgan fingerprint density at radius 2 is 2.21 bits per heavy atom. The number of aromatic nitrogens is 2. The molecule has 1 aromatic heterocycles. The van der Waals surface area contributed by atoms with Gasteiger partial charge in [-0.25, -0.2) is 18.8 Å². The van der Waals surface area contributed by atoms with Crippen LogP contribution in [0.2, 0.25) is 0 Å². The molecule has 9 nitrogen and oxygen atoms in total. The molecule has 3 aliphatic rings. The second-order valence-electron chi connectivity index (χ2n) is 7.70. The molecule has 1 aliphatic heterocycles. The molecular formula is C19H23N5O4S. The highest BCUT2D eigenvalue weighted by molar-refractivity contribution is 7.91. The van der Waals surface area contributed by atoms with Crippen molar-refractivity contribution < 1.29 is 18.8 Å². The number of aliphatic hydroxyl groups is 1. The largest absolute Gasteiger partial charge is 0.477 e. The number of ether oxygens (including phenoxy) is 1. The predicted molar refractivity (Wildman–Crippen MR) is 106 cm³/mol. The zero-order chi connectivity index (χ0) is 20.2. The van der Waals surface area contributed by atoms with E-state index in [2.05, 4.69) is 20.8 Å². The molecule has 10 heteroatoms. The monoisotopic (exact) mass is 417 g/mol. The fraction of sp³-hybridized carbons (Fsp3) is 0.474. The van der Waals surface area contributed by atoms with Crippen LogP contribution in [0.25, 0.3) is 0 Å². The minimum absolute atomic E-state index is 0.121. The van der Waals surface area contributed by atoms with Crippen molar-refractivity contribution in [3.8, 4) is 5.88 Å². The zero-order valence-electron chi connectivity index (χ0n) is 15.9. The van der Waals surface area contributed by atoms with E-state index in [1.165, 1.54) is 11.8 Å². The lowest BCUT2D eigenvalue weighted by atomic mass is 9.98. The van der Waals surface area contributed by atoms with Crippen LogP contribution in [0.3, 0.4) is 0 Å². The Kier molecular flexibility index (Phi) is 4.37. The van der Waals surface area contributed by atoms with Crippen molar-refractivity contribution in [2.45, 2.75) is 56.1 Å². The Morgan fingerprint density at radius 1 is 1.34 bits per heavy atom. The normalized spacial score (nSPS) is 21.5. The second kappa shape index (κ2) is 6.82. The Bertz CT molecular complexity index is 1130. The van der Waals surface area contributed by atoms with Gasteiger partial charge in [-0.3, -0.25) is 0 Å². The average molecular weight is 417 g/mol. The summed E-state index contributed by atoms with van der Waals surface area (Å²) in [4.78, 5) is 12.8. The number of urea groups is 1. The van der Waals surface area contributed by atoms with Crippen molar-refractivity contribution >= 4 is 21.6 Å². The zero-order valence-corrected chi connectivity index (χ0v) is 16.7. The number of hydrogen-bond acceptors (Lipinski definition) is 5. The Balaban J connectivity index is 1.50. The molecule has 154 valence electrons. The van der Waals surface area contributed by atoms with Gasteiger partial charge in [0.1, 0.15) is 4.90 Å². The molecule has 2 amide bonds. The number of nitrogens with zero attached hydrogens (tertiary/aromatic N) is 3. The van der Waals surface area contributed by atoms with E-state index in [1.54, 1.807) is 4.68 Å². The van der Waals surface area contributed by atoms with E-state index in [9.17, 15) is 14.1 Å². The van der Waals surface area contributed by atoms with Gasteiger partial charge in [0, 0.05) is 18.5 Å². The minimum atomic E-state index is -3.53. The average Bonchev–Trinajstić information content (AvgIpc) is 3.39. The summed E-state index contributed by atoms with van der Waals surface area (Å²) in [5.41, 5.74) is 4.64. The van der Waals surface area contributed by atoms with Crippen molar-refractivity contribution in [3.63, 3.8) is 0 Å². The number of anilines is 1. The molecule has 0 fully saturated rings. The molecule has 0 spiro atoms. The first-order chi connectivity index (χ1) is 13.9. The first-order valence-electron chi connectivity index (χ1n) is 9.84. The number of nitrogens with two attached hydrogens (primary N) is 1. The first kappa shape index (κ1) is 18.6. The second-order valence-corrected chi connectivity index (χ2v) is 9.46. The molecule has 0 bridgehead atoms. The summed E-state index contributed by atoms with van der Waals surface area (Å²) in [6, 6.07) is 1.35. The quantitative estimate of drug-likeness (QED) is 0.688. The molecule has 1 aromatic carbocycles. The summed E-state index contributed by atoms with van der Waals surface area (Å²) in [5.74, 6) is 0.303. The Labute approximate surface area is 168 Å². The molecule has 2 heterocycles. The van der Waals surface area contributed by atoms with E-state index >= 15 is 0 Å². The van der Waals surface area contributed by atoms with Crippen LogP contribution in [-0.4, -0.2) is 31.7 Å². The number of fused-ring (bicyclic) bond motifs is 3. The van der Waals surface area contributed by atoms with Crippen LogP contribution >= 0.6 is 0 Å². The van der Waals surface area contributed by atoms with Crippen LogP contribution in [-0.2, 0) is 35.7 Å². The van der Waals surface area contributed by atoms with Crippen LogP contribution in [0.15, 0.2) is 21.5 Å². The topological polar surface area (TPSA) is 132 Å². The number of carbonyl (C=O) groups is 1. The van der Waals surface area contributed by atoms with E-state index in [-0.39, 0.29) is 4.90 Å². The molecule has 2 unspecified atom stereocenters. The molecular weight excluding hydrogens is 394 g/mol. The van der Waals surface area contributed by atoms with Crippen molar-refractivity contribution in [3.05, 3.63) is 34.5 Å². The van der Waals surface area contributed by atoms with Crippen LogP contribution in [0.4, 0.5) is 10.5 Å². The number of benzene rings is 1. The van der Waals surface area contributed by atoms with Gasteiger partial charge in [0.25, 0.3) is 0 Å². The van der Waals surface area contributed by atoms with Crippen molar-refractivity contribution in [1.29, 1.82) is 0 Å². The van der Waals surface area contributed by atoms with Gasteiger partial charge in [-0.15, -0.1) is 4.36 Å². The number of rotatable bonds is 2.